The number of ether oxygens (including phenoxy) is 1. The standard InChI is InChI=1S/C38H45N5O2/c1-10-25-21(7)31-17-35-27(12-3)23(9)36(43-35)29(15-24(19-39)38(44)45-14-5)37-28(13-4)22(8)32(42-37)18-34-26(11-2)20(6)30(40-34)16-33(25)41-31/h16-18,24,40-41H,10-15H2,1-9H3. The SMILES string of the molecule is CCOC(=O)C(C#N)Cc1c2nc(cc3[nH]c(cc4[nH]c(cc5nc1C(CC)=C5C)c(CC)c4C)c(CC)c3C)C(CC)=C2C. The van der Waals surface area contributed by atoms with Crippen molar-refractivity contribution in [2.45, 2.75) is 94.4 Å². The number of nitrogens with one attached hydrogen (secondary N) is 2. The number of allylic oxidation sites excluding steroid dienone is 4. The molecule has 2 aliphatic rings. The highest BCUT2D eigenvalue weighted by Crippen LogP contribution is 2.40. The van der Waals surface area contributed by atoms with Crippen LogP contribution in [-0.2, 0) is 28.8 Å². The summed E-state index contributed by atoms with van der Waals surface area (Å²) < 4.78 is 5.32. The monoisotopic (exact) mass is 603 g/mol. The molecule has 2 aliphatic heterocycles. The van der Waals surface area contributed by atoms with Gasteiger partial charge in [-0.2, -0.15) is 5.26 Å². The number of rotatable bonds is 8. The third-order valence-electron chi connectivity index (χ3n) is 9.58. The summed E-state index contributed by atoms with van der Waals surface area (Å²) in [6.07, 6.45) is 3.52. The van der Waals surface area contributed by atoms with Gasteiger partial charge in [0.25, 0.3) is 0 Å². The summed E-state index contributed by atoms with van der Waals surface area (Å²) >= 11 is 0. The topological polar surface area (TPSA) is 107 Å². The molecule has 7 nitrogen and oxygen atoms in total. The van der Waals surface area contributed by atoms with Crippen molar-refractivity contribution in [3.05, 3.63) is 68.8 Å². The Labute approximate surface area is 266 Å². The van der Waals surface area contributed by atoms with Gasteiger partial charge in [-0.15, -0.1) is 0 Å². The molecule has 5 heterocycles. The lowest BCUT2D eigenvalue weighted by molar-refractivity contribution is -0.145. The number of nitriles is 1. The molecule has 0 saturated carbocycles. The van der Waals surface area contributed by atoms with Crippen molar-refractivity contribution in [1.29, 1.82) is 5.26 Å². The summed E-state index contributed by atoms with van der Waals surface area (Å²) in [6, 6.07) is 8.78. The number of aromatic amines is 2. The van der Waals surface area contributed by atoms with Crippen LogP contribution in [0.15, 0.2) is 18.2 Å². The first-order chi connectivity index (χ1) is 21.6. The molecule has 5 rings (SSSR count). The average Bonchev–Trinajstić information content (AvgIpc) is 3.70. The summed E-state index contributed by atoms with van der Waals surface area (Å²) in [4.78, 5) is 30.9. The first-order valence-electron chi connectivity index (χ1n) is 16.3. The van der Waals surface area contributed by atoms with Crippen molar-refractivity contribution in [1.82, 2.24) is 19.9 Å². The summed E-state index contributed by atoms with van der Waals surface area (Å²) in [6.45, 7) is 19.2. The number of carbonyl (C=O) groups is 1. The molecule has 3 aromatic rings. The van der Waals surface area contributed by atoms with Gasteiger partial charge in [0.2, 0.25) is 0 Å². The van der Waals surface area contributed by atoms with Gasteiger partial charge in [0, 0.05) is 34.1 Å². The van der Waals surface area contributed by atoms with Gasteiger partial charge in [-0.25, -0.2) is 9.97 Å². The maximum atomic E-state index is 13.0. The molecule has 45 heavy (non-hydrogen) atoms. The van der Waals surface area contributed by atoms with Crippen LogP contribution in [-0.4, -0.2) is 32.5 Å². The van der Waals surface area contributed by atoms with E-state index < -0.39 is 11.9 Å². The lowest BCUT2D eigenvalue weighted by Crippen LogP contribution is -2.19. The van der Waals surface area contributed by atoms with Crippen LogP contribution in [0.1, 0.15) is 112 Å². The highest BCUT2D eigenvalue weighted by Gasteiger charge is 2.29. The van der Waals surface area contributed by atoms with Gasteiger partial charge >= 0.3 is 5.97 Å². The zero-order chi connectivity index (χ0) is 32.6. The number of nitrogens with zero attached hydrogens (tertiary/aromatic N) is 3. The summed E-state index contributed by atoms with van der Waals surface area (Å²) in [5.41, 5.74) is 17.9. The van der Waals surface area contributed by atoms with Gasteiger partial charge in [-0.1, -0.05) is 27.7 Å². The molecule has 7 heteroatoms. The molecule has 3 aromatic heterocycles. The van der Waals surface area contributed by atoms with Crippen LogP contribution in [0, 0.1) is 31.1 Å². The van der Waals surface area contributed by atoms with Crippen LogP contribution < -0.4 is 0 Å². The van der Waals surface area contributed by atoms with Crippen molar-refractivity contribution in [3.63, 3.8) is 0 Å². The Bertz CT molecular complexity index is 1960. The van der Waals surface area contributed by atoms with Crippen molar-refractivity contribution in [2.75, 3.05) is 6.61 Å². The van der Waals surface area contributed by atoms with E-state index in [2.05, 4.69) is 89.6 Å². The predicted molar refractivity (Wildman–Crippen MR) is 184 cm³/mol. The van der Waals surface area contributed by atoms with E-state index >= 15 is 0 Å². The summed E-state index contributed by atoms with van der Waals surface area (Å²) in [7, 11) is 0. The number of aromatic nitrogens is 4. The molecule has 1 atom stereocenters. The molecule has 0 fully saturated rings. The second-order valence-electron chi connectivity index (χ2n) is 12.0. The van der Waals surface area contributed by atoms with Crippen molar-refractivity contribution in [2.24, 2.45) is 5.92 Å². The van der Waals surface area contributed by atoms with Gasteiger partial charge in [0.05, 0.1) is 35.5 Å². The van der Waals surface area contributed by atoms with E-state index in [1.165, 1.54) is 22.3 Å². The Balaban J connectivity index is 2.02. The number of carbonyl (C=O) groups excluding carboxylic acids is 1. The van der Waals surface area contributed by atoms with Gasteiger partial charge in [-0.3, -0.25) is 4.79 Å². The highest BCUT2D eigenvalue weighted by molar-refractivity contribution is 5.97. The van der Waals surface area contributed by atoms with Crippen LogP contribution in [0.4, 0.5) is 0 Å². The van der Waals surface area contributed by atoms with Crippen LogP contribution >= 0.6 is 0 Å². The van der Waals surface area contributed by atoms with E-state index in [1.54, 1.807) is 6.92 Å². The molecule has 234 valence electrons. The lowest BCUT2D eigenvalue weighted by Gasteiger charge is -2.13. The Morgan fingerprint density at radius 2 is 1.29 bits per heavy atom. The van der Waals surface area contributed by atoms with Crippen molar-refractivity contribution in [3.8, 4) is 6.07 Å². The van der Waals surface area contributed by atoms with Gasteiger partial charge < -0.3 is 14.7 Å². The number of fused-ring (bicyclic) bond motifs is 8. The number of esters is 1. The van der Waals surface area contributed by atoms with E-state index in [1.807, 2.05) is 0 Å². The highest BCUT2D eigenvalue weighted by atomic mass is 16.5. The molecule has 2 N–H and O–H groups in total. The fourth-order valence-electron chi connectivity index (χ4n) is 7.05. The first-order valence-corrected chi connectivity index (χ1v) is 16.3. The summed E-state index contributed by atoms with van der Waals surface area (Å²) in [5.74, 6) is -1.48. The third kappa shape index (κ3) is 5.52. The maximum Gasteiger partial charge on any atom is 0.323 e. The fraction of sp³-hybridized carbons (Fsp3) is 0.421. The molecule has 8 bridgehead atoms. The smallest absolute Gasteiger partial charge is 0.323 e. The number of H-pyrrole nitrogens is 2. The zero-order valence-electron chi connectivity index (χ0n) is 28.2. The zero-order valence-corrected chi connectivity index (χ0v) is 28.2. The molecular formula is C38H45N5O2. The Morgan fingerprint density at radius 3 is 1.84 bits per heavy atom. The van der Waals surface area contributed by atoms with E-state index in [0.717, 1.165) is 98.4 Å². The van der Waals surface area contributed by atoms with Crippen LogP contribution in [0.5, 0.6) is 0 Å². The normalized spacial score (nSPS) is 13.8. The third-order valence-corrected chi connectivity index (χ3v) is 9.58. The van der Waals surface area contributed by atoms with E-state index in [-0.39, 0.29) is 13.0 Å². The molecule has 0 aromatic carbocycles. The lowest BCUT2D eigenvalue weighted by atomic mass is 9.91. The summed E-state index contributed by atoms with van der Waals surface area (Å²) in [5, 5.41) is 10.1. The minimum Gasteiger partial charge on any atom is -0.465 e. The first kappa shape index (κ1) is 32.0. The maximum absolute atomic E-state index is 13.0. The van der Waals surface area contributed by atoms with Gasteiger partial charge in [0.1, 0.15) is 5.92 Å². The van der Waals surface area contributed by atoms with E-state index in [9.17, 15) is 10.1 Å². The van der Waals surface area contributed by atoms with Crippen LogP contribution in [0.25, 0.3) is 44.4 Å². The molecule has 1 unspecified atom stereocenters. The van der Waals surface area contributed by atoms with Crippen molar-refractivity contribution >= 4 is 50.3 Å². The second-order valence-corrected chi connectivity index (χ2v) is 12.0. The average molecular weight is 604 g/mol. The molecule has 0 amide bonds. The Kier molecular flexibility index (Phi) is 9.16. The minimum absolute atomic E-state index is 0.172. The molecule has 0 spiro atoms. The van der Waals surface area contributed by atoms with E-state index in [0.29, 0.717) is 0 Å². The van der Waals surface area contributed by atoms with Gasteiger partial charge in [0.15, 0.2) is 0 Å². The minimum atomic E-state index is -0.968. The van der Waals surface area contributed by atoms with E-state index in [4.69, 9.17) is 14.7 Å². The Hall–Kier alpha value is -4.44. The Morgan fingerprint density at radius 1 is 0.733 bits per heavy atom. The molecule has 0 radical (unpaired) electrons. The fourth-order valence-corrected chi connectivity index (χ4v) is 7.05. The van der Waals surface area contributed by atoms with Gasteiger partial charge in [-0.05, 0) is 123 Å². The second kappa shape index (κ2) is 12.9. The number of hydrogen-bond acceptors (Lipinski definition) is 5. The predicted octanol–water partition coefficient (Wildman–Crippen LogP) is 8.98. The quantitative estimate of drug-likeness (QED) is 0.250. The molecule has 0 saturated heterocycles. The molecule has 0 aliphatic carbocycles. The van der Waals surface area contributed by atoms with Crippen molar-refractivity contribution < 1.29 is 9.53 Å². The molecular weight excluding hydrogens is 558 g/mol. The number of hydrogen-bond donors (Lipinski definition) is 2. The van der Waals surface area contributed by atoms with Crippen LogP contribution in [0.3, 0.4) is 0 Å². The van der Waals surface area contributed by atoms with Crippen LogP contribution in [0.2, 0.25) is 0 Å². The number of aryl methyl sites for hydroxylation is 4. The largest absolute Gasteiger partial charge is 0.465 e.